The number of carbonyl (C=O) groups excluding carboxylic acids is 2. The predicted molar refractivity (Wildman–Crippen MR) is 53.0 cm³/mol. The second-order valence-corrected chi connectivity index (χ2v) is 2.81. The number of hydrogen-bond acceptors (Lipinski definition) is 3. The molecule has 0 saturated heterocycles. The lowest BCUT2D eigenvalue weighted by atomic mass is 10.4. The van der Waals surface area contributed by atoms with Crippen molar-refractivity contribution < 1.29 is 14.0 Å². The zero-order valence-corrected chi connectivity index (χ0v) is 8.37. The monoisotopic (exact) mass is 211 g/mol. The average Bonchev–Trinajstić information content (AvgIpc) is 2.76. The van der Waals surface area contributed by atoms with Crippen LogP contribution in [0.5, 0.6) is 0 Å². The summed E-state index contributed by atoms with van der Waals surface area (Å²) in [6, 6.07) is 2.64. The van der Waals surface area contributed by atoms with Gasteiger partial charge in [0, 0.05) is 6.54 Å². The van der Waals surface area contributed by atoms with Crippen LogP contribution in [-0.2, 0) is 0 Å². The average molecular weight is 211 g/mol. The molecule has 1 aromatic rings. The van der Waals surface area contributed by atoms with Gasteiger partial charge in [0.2, 0.25) is 0 Å². The van der Waals surface area contributed by atoms with Crippen molar-refractivity contribution in [3.8, 4) is 0 Å². The van der Waals surface area contributed by atoms with Gasteiger partial charge in [-0.1, -0.05) is 6.92 Å². The molecule has 0 aromatic carbocycles. The molecule has 0 fully saturated rings. The highest BCUT2D eigenvalue weighted by molar-refractivity contribution is 5.92. The maximum absolute atomic E-state index is 11.2. The lowest BCUT2D eigenvalue weighted by Gasteiger charge is -2.06. The topological polar surface area (TPSA) is 83.4 Å². The zero-order valence-electron chi connectivity index (χ0n) is 8.37. The first-order valence-electron chi connectivity index (χ1n) is 4.61. The van der Waals surface area contributed by atoms with Gasteiger partial charge in [-0.15, -0.1) is 0 Å². The standard InChI is InChI=1S/C9H13N3O3/c1-2-5-10-9(14)12-11-8(13)7-4-3-6-15-7/h3-4,6H,2,5H2,1H3,(H,11,13)(H2,10,12,14). The first kappa shape index (κ1) is 11.1. The summed E-state index contributed by atoms with van der Waals surface area (Å²) in [6.07, 6.45) is 2.21. The van der Waals surface area contributed by atoms with Crippen molar-refractivity contribution in [2.24, 2.45) is 0 Å². The van der Waals surface area contributed by atoms with Gasteiger partial charge in [0.25, 0.3) is 0 Å². The molecule has 0 unspecified atom stereocenters. The number of nitrogens with one attached hydrogen (secondary N) is 3. The summed E-state index contributed by atoms with van der Waals surface area (Å²) in [5.74, 6) is -0.350. The van der Waals surface area contributed by atoms with E-state index in [4.69, 9.17) is 4.42 Å². The lowest BCUT2D eigenvalue weighted by molar-refractivity contribution is 0.0908. The van der Waals surface area contributed by atoms with E-state index >= 15 is 0 Å². The number of hydrogen-bond donors (Lipinski definition) is 3. The molecule has 0 aliphatic rings. The maximum Gasteiger partial charge on any atom is 0.333 e. The van der Waals surface area contributed by atoms with E-state index in [1.54, 1.807) is 6.07 Å². The number of urea groups is 1. The normalized spacial score (nSPS) is 9.40. The minimum Gasteiger partial charge on any atom is -0.459 e. The molecule has 6 heteroatoms. The van der Waals surface area contributed by atoms with Crippen LogP contribution in [0.25, 0.3) is 0 Å². The van der Waals surface area contributed by atoms with Crippen LogP contribution in [0.2, 0.25) is 0 Å². The molecule has 15 heavy (non-hydrogen) atoms. The first-order chi connectivity index (χ1) is 7.24. The van der Waals surface area contributed by atoms with Crippen LogP contribution in [0.1, 0.15) is 23.9 Å². The maximum atomic E-state index is 11.2. The van der Waals surface area contributed by atoms with Gasteiger partial charge < -0.3 is 9.73 Å². The smallest absolute Gasteiger partial charge is 0.333 e. The minimum atomic E-state index is -0.494. The quantitative estimate of drug-likeness (QED) is 0.641. The summed E-state index contributed by atoms with van der Waals surface area (Å²) in [6.45, 7) is 2.49. The molecular weight excluding hydrogens is 198 g/mol. The Morgan fingerprint density at radius 3 is 2.80 bits per heavy atom. The van der Waals surface area contributed by atoms with Crippen molar-refractivity contribution in [2.45, 2.75) is 13.3 Å². The van der Waals surface area contributed by atoms with Crippen molar-refractivity contribution in [3.63, 3.8) is 0 Å². The van der Waals surface area contributed by atoms with E-state index in [-0.39, 0.29) is 5.76 Å². The summed E-state index contributed by atoms with van der Waals surface area (Å²) in [5, 5.41) is 2.54. The highest BCUT2D eigenvalue weighted by Gasteiger charge is 2.08. The molecule has 3 amide bonds. The van der Waals surface area contributed by atoms with Crippen LogP contribution in [0.4, 0.5) is 4.79 Å². The van der Waals surface area contributed by atoms with Crippen molar-refractivity contribution >= 4 is 11.9 Å². The fourth-order valence-electron chi connectivity index (χ4n) is 0.866. The second-order valence-electron chi connectivity index (χ2n) is 2.81. The van der Waals surface area contributed by atoms with Gasteiger partial charge in [-0.05, 0) is 18.6 Å². The molecule has 0 spiro atoms. The lowest BCUT2D eigenvalue weighted by Crippen LogP contribution is -2.47. The van der Waals surface area contributed by atoms with E-state index < -0.39 is 11.9 Å². The molecule has 0 aliphatic heterocycles. The molecule has 0 bridgehead atoms. The Labute approximate surface area is 87.0 Å². The molecule has 1 rings (SSSR count). The third-order valence-corrected chi connectivity index (χ3v) is 1.57. The Balaban J connectivity index is 2.25. The highest BCUT2D eigenvalue weighted by Crippen LogP contribution is 1.97. The molecule has 1 aromatic heterocycles. The van der Waals surface area contributed by atoms with Gasteiger partial charge in [0.15, 0.2) is 5.76 Å². The first-order valence-corrected chi connectivity index (χ1v) is 4.61. The second kappa shape index (κ2) is 5.69. The van der Waals surface area contributed by atoms with Crippen molar-refractivity contribution in [2.75, 3.05) is 6.54 Å². The van der Waals surface area contributed by atoms with E-state index in [9.17, 15) is 9.59 Å². The van der Waals surface area contributed by atoms with Gasteiger partial charge in [-0.2, -0.15) is 0 Å². The molecule has 1 heterocycles. The summed E-state index contributed by atoms with van der Waals surface area (Å²) in [4.78, 5) is 22.2. The summed E-state index contributed by atoms with van der Waals surface area (Å²) in [5.41, 5.74) is 4.39. The number of amides is 3. The van der Waals surface area contributed by atoms with Crippen LogP contribution in [0.15, 0.2) is 22.8 Å². The molecule has 6 nitrogen and oxygen atoms in total. The van der Waals surface area contributed by atoms with Gasteiger partial charge in [0.1, 0.15) is 0 Å². The van der Waals surface area contributed by atoms with E-state index in [0.717, 1.165) is 6.42 Å². The Morgan fingerprint density at radius 2 is 2.20 bits per heavy atom. The molecule has 0 atom stereocenters. The fourth-order valence-corrected chi connectivity index (χ4v) is 0.866. The highest BCUT2D eigenvalue weighted by atomic mass is 16.3. The number of carbonyl (C=O) groups is 2. The van der Waals surface area contributed by atoms with Crippen molar-refractivity contribution in [3.05, 3.63) is 24.2 Å². The molecule has 0 aliphatic carbocycles. The van der Waals surface area contributed by atoms with Crippen LogP contribution < -0.4 is 16.2 Å². The van der Waals surface area contributed by atoms with Crippen molar-refractivity contribution in [1.29, 1.82) is 0 Å². The number of rotatable bonds is 3. The Kier molecular flexibility index (Phi) is 4.21. The van der Waals surface area contributed by atoms with Crippen LogP contribution >= 0.6 is 0 Å². The molecular formula is C9H13N3O3. The van der Waals surface area contributed by atoms with E-state index in [1.165, 1.54) is 12.3 Å². The largest absolute Gasteiger partial charge is 0.459 e. The van der Waals surface area contributed by atoms with Crippen LogP contribution in [-0.4, -0.2) is 18.5 Å². The van der Waals surface area contributed by atoms with E-state index in [0.29, 0.717) is 6.54 Å². The summed E-state index contributed by atoms with van der Waals surface area (Å²) in [7, 11) is 0. The number of furan rings is 1. The van der Waals surface area contributed by atoms with Gasteiger partial charge in [0.05, 0.1) is 6.26 Å². The zero-order chi connectivity index (χ0) is 11.1. The Morgan fingerprint density at radius 1 is 1.40 bits per heavy atom. The summed E-state index contributed by atoms with van der Waals surface area (Å²) >= 11 is 0. The molecule has 3 N–H and O–H groups in total. The van der Waals surface area contributed by atoms with E-state index in [1.807, 2.05) is 6.92 Å². The minimum absolute atomic E-state index is 0.144. The fraction of sp³-hybridized carbons (Fsp3) is 0.333. The van der Waals surface area contributed by atoms with Gasteiger partial charge in [-0.3, -0.25) is 10.2 Å². The predicted octanol–water partition coefficient (Wildman–Crippen LogP) is 0.634. The molecule has 82 valence electrons. The molecule has 0 saturated carbocycles. The van der Waals surface area contributed by atoms with Crippen LogP contribution in [0, 0.1) is 0 Å². The van der Waals surface area contributed by atoms with E-state index in [2.05, 4.69) is 16.2 Å². The third-order valence-electron chi connectivity index (χ3n) is 1.57. The summed E-state index contributed by atoms with van der Waals surface area (Å²) < 4.78 is 4.82. The van der Waals surface area contributed by atoms with Gasteiger partial charge in [-0.25, -0.2) is 10.2 Å². The SMILES string of the molecule is CCCNC(=O)NNC(=O)c1ccco1. The Bertz CT molecular complexity index is 321. The van der Waals surface area contributed by atoms with Crippen LogP contribution in [0.3, 0.4) is 0 Å². The Hall–Kier alpha value is -1.98. The van der Waals surface area contributed by atoms with Crippen molar-refractivity contribution in [1.82, 2.24) is 16.2 Å². The third kappa shape index (κ3) is 3.72. The number of hydrazine groups is 1. The van der Waals surface area contributed by atoms with Gasteiger partial charge >= 0.3 is 11.9 Å². The molecule has 0 radical (unpaired) electrons.